The summed E-state index contributed by atoms with van der Waals surface area (Å²) in [6.07, 6.45) is 0. The number of benzene rings is 11. The third kappa shape index (κ3) is 28.3. The lowest BCUT2D eigenvalue weighted by molar-refractivity contribution is 0.0685. The van der Waals surface area contributed by atoms with Crippen LogP contribution < -0.4 is 0 Å². The van der Waals surface area contributed by atoms with E-state index >= 15 is 0 Å². The second kappa shape index (κ2) is 36.7. The molecule has 0 amide bonds. The lowest BCUT2D eigenvalue weighted by atomic mass is 10.1. The van der Waals surface area contributed by atoms with Gasteiger partial charge in [-0.25, -0.2) is 24.0 Å². The number of hydrogen-bond acceptors (Lipinski definition) is 29. The number of phenols is 2. The Bertz CT molecular complexity index is 7130. The number of aromatic carboxylic acids is 5. The maximum atomic E-state index is 12.3. The molecular formula is C63H49FO44S11. The van der Waals surface area contributed by atoms with Crippen molar-refractivity contribution in [3.63, 3.8) is 0 Å². The number of aromatic hydroxyl groups is 2. The van der Waals surface area contributed by atoms with Gasteiger partial charge in [0.2, 0.25) is 0 Å². The average Bonchev–Trinajstić information content (AvgIpc) is 0.758. The molecule has 11 aromatic carbocycles. The Morgan fingerprint density at radius 1 is 0.202 bits per heavy atom. The molecule has 0 bridgehead atoms. The first kappa shape index (κ1) is 98.0. The molecule has 0 unspecified atom stereocenters. The highest BCUT2D eigenvalue weighted by Crippen LogP contribution is 2.32. The standard InChI is InChI=1S/C11H8O8S2.2C11H8O5S.C10H8O7S2.C7H5FO4S.C7H6O8S2.C6H6O7S2/c12-11(13)6-1-2-9-7(3-6)4-8(20(14,15)16)5-10(9)21(17,18)19;2*12-11(13)9-2-1-8-6-10(17(14,15)16)4-3-7(8)5-9;11-7-1-2-9-6(3-7)4-8(18(12,13)14)5-10(9)19(15,16)17;8-13(11,12)6-3-1-5(2-4-6)7(9)10;8-7(9)4-1-5(16(10,11)12)3-6(2-4)17(13,14)15;7-4-1-5(14(8,9)10)3-6(2-4)15(11,12)13/h1-5H,(H,12,13)(H,14,15,16)(H,17,18,19);2*1-6H,(H,12,13)(H,14,15,16);1-5,11H,(H,12,13,14)(H,15,16,17);1-4H,(H,9,10);1-3H,(H,8,9)(H,10,11,12)(H,13,14,15);1-3,7H,(H,8,9,10)(H,11,12,13). The van der Waals surface area contributed by atoms with E-state index in [4.69, 9.17) is 76.2 Å². The van der Waals surface area contributed by atoms with Gasteiger partial charge in [0, 0.05) is 22.9 Å². The zero-order valence-corrected chi connectivity index (χ0v) is 66.5. The summed E-state index contributed by atoms with van der Waals surface area (Å²) in [5.41, 5.74) is -0.759. The van der Waals surface area contributed by atoms with Gasteiger partial charge in [-0.05, 0) is 184 Å². The first-order valence-corrected chi connectivity index (χ1v) is 45.5. The summed E-state index contributed by atoms with van der Waals surface area (Å²) in [5, 5.41) is 64.0. The lowest BCUT2D eigenvalue weighted by Crippen LogP contribution is -2.07. The van der Waals surface area contributed by atoms with Crippen molar-refractivity contribution in [3.05, 3.63) is 222 Å². The van der Waals surface area contributed by atoms with Gasteiger partial charge in [-0.1, -0.05) is 30.3 Å². The third-order valence-electron chi connectivity index (χ3n) is 14.4. The highest BCUT2D eigenvalue weighted by atomic mass is 32.3. The minimum Gasteiger partial charge on any atom is -0.508 e. The molecule has 0 aliphatic carbocycles. The van der Waals surface area contributed by atoms with Gasteiger partial charge < -0.3 is 35.7 Å². The van der Waals surface area contributed by atoms with Gasteiger partial charge in [0.25, 0.3) is 101 Å². The van der Waals surface area contributed by atoms with Crippen LogP contribution in [0.15, 0.2) is 248 Å². The Labute approximate surface area is 668 Å². The van der Waals surface area contributed by atoms with Crippen LogP contribution in [0.1, 0.15) is 51.8 Å². The second-order valence-corrected chi connectivity index (χ2v) is 38.2. The van der Waals surface area contributed by atoms with E-state index in [9.17, 15) is 126 Å². The molecule has 638 valence electrons. The number of hydrogen-bond donors (Lipinski definition) is 17. The monoisotopic (exact) mass is 1880 g/mol. The van der Waals surface area contributed by atoms with E-state index in [1.807, 2.05) is 0 Å². The molecule has 17 N–H and O–H groups in total. The quantitative estimate of drug-likeness (QED) is 0.0365. The van der Waals surface area contributed by atoms with Crippen LogP contribution in [0.5, 0.6) is 11.5 Å². The van der Waals surface area contributed by atoms with Gasteiger partial charge in [-0.3, -0.25) is 45.5 Å². The van der Waals surface area contributed by atoms with E-state index in [1.165, 1.54) is 84.9 Å². The van der Waals surface area contributed by atoms with Crippen molar-refractivity contribution in [3.8, 4) is 11.5 Å². The van der Waals surface area contributed by atoms with Crippen molar-refractivity contribution < 1.29 is 202 Å². The molecule has 0 saturated heterocycles. The lowest BCUT2D eigenvalue weighted by Gasteiger charge is -2.07. The number of fused-ring (bicyclic) bond motifs is 4. The number of rotatable bonds is 16. The van der Waals surface area contributed by atoms with Gasteiger partial charge in [-0.2, -0.15) is 92.6 Å². The maximum absolute atomic E-state index is 12.3. The van der Waals surface area contributed by atoms with Gasteiger partial charge >= 0.3 is 40.1 Å². The molecule has 0 fully saturated rings. The molecule has 0 radical (unpaired) electrons. The Morgan fingerprint density at radius 3 is 0.731 bits per heavy atom. The van der Waals surface area contributed by atoms with Crippen LogP contribution in [0.3, 0.4) is 0 Å². The van der Waals surface area contributed by atoms with Crippen LogP contribution in [0, 0.1) is 0 Å². The highest BCUT2D eigenvalue weighted by molar-refractivity contribution is 7.89. The maximum Gasteiger partial charge on any atom is 0.335 e. The fourth-order valence-electron chi connectivity index (χ4n) is 9.10. The Morgan fingerprint density at radius 2 is 0.437 bits per heavy atom. The van der Waals surface area contributed by atoms with Gasteiger partial charge in [0.1, 0.15) is 21.3 Å². The number of phenolic OH excluding ortho intramolecular Hbond substituents is 2. The predicted molar refractivity (Wildman–Crippen MR) is 400 cm³/mol. The smallest absolute Gasteiger partial charge is 0.335 e. The van der Waals surface area contributed by atoms with Gasteiger partial charge in [0.15, 0.2) is 0 Å². The molecule has 0 saturated carbocycles. The summed E-state index contributed by atoms with van der Waals surface area (Å²) in [7, 11) is -50.9. The number of carboxylic acid groups (broad SMARTS) is 5. The molecule has 0 atom stereocenters. The van der Waals surface area contributed by atoms with E-state index in [-0.39, 0.29) is 59.3 Å². The topological polar surface area (TPSA) is 805 Å². The van der Waals surface area contributed by atoms with Crippen LogP contribution in [0.4, 0.5) is 3.89 Å². The van der Waals surface area contributed by atoms with E-state index in [2.05, 4.69) is 0 Å². The summed E-state index contributed by atoms with van der Waals surface area (Å²) in [6, 6.07) is 33.6. The molecular weight excluding hydrogens is 1830 g/mol. The molecule has 56 heteroatoms. The van der Waals surface area contributed by atoms with Crippen molar-refractivity contribution in [2.24, 2.45) is 0 Å². The van der Waals surface area contributed by atoms with Crippen molar-refractivity contribution in [1.29, 1.82) is 0 Å². The van der Waals surface area contributed by atoms with Gasteiger partial charge in [0.05, 0.1) is 71.9 Å². The predicted octanol–water partition coefficient (Wildman–Crippen LogP) is 6.45. The molecule has 44 nitrogen and oxygen atoms in total. The normalized spacial score (nSPS) is 12.1. The SMILES string of the molecule is O=C(O)c1cc(S(=O)(=O)O)cc(S(=O)(=O)O)c1.O=C(O)c1ccc(S(=O)(=O)F)cc1.O=C(O)c1ccc2c(S(=O)(=O)O)cc(S(=O)(=O)O)cc2c1.O=C(O)c1ccc2cc(S(=O)(=O)O)ccc2c1.O=C(O)c1ccc2cc(S(=O)(=O)O)ccc2c1.O=S(=O)(O)c1cc(O)cc(S(=O)(=O)O)c1.O=S(=O)(O)c1cc(S(=O)(=O)O)c2ccc(O)cc2c1. The molecule has 0 aliphatic rings. The summed E-state index contributed by atoms with van der Waals surface area (Å²) in [5.74, 6) is -7.14. The molecule has 0 spiro atoms. The molecule has 119 heavy (non-hydrogen) atoms. The molecule has 11 rings (SSSR count). The average molecular weight is 1880 g/mol. The van der Waals surface area contributed by atoms with Crippen molar-refractivity contribution in [1.82, 2.24) is 0 Å². The summed E-state index contributed by atoms with van der Waals surface area (Å²) in [6.45, 7) is 0. The minimum atomic E-state index is -4.78. The first-order chi connectivity index (χ1) is 53.9. The first-order valence-electron chi connectivity index (χ1n) is 29.8. The van der Waals surface area contributed by atoms with Crippen LogP contribution in [0.25, 0.3) is 43.1 Å². The summed E-state index contributed by atoms with van der Waals surface area (Å²) in [4.78, 5) is 45.9. The second-order valence-electron chi connectivity index (χ2n) is 22.7. The zero-order chi connectivity index (χ0) is 91.0. The van der Waals surface area contributed by atoms with Crippen LogP contribution in [-0.4, -0.2) is 204 Å². The van der Waals surface area contributed by atoms with Crippen molar-refractivity contribution in [2.45, 2.75) is 53.9 Å². The zero-order valence-electron chi connectivity index (χ0n) is 57.5. The Kier molecular flexibility index (Phi) is 30.2. The number of carboxylic acids is 5. The minimum absolute atomic E-state index is 0.0210. The highest BCUT2D eigenvalue weighted by Gasteiger charge is 2.26. The largest absolute Gasteiger partial charge is 0.508 e. The van der Waals surface area contributed by atoms with Gasteiger partial charge in [-0.15, -0.1) is 3.89 Å². The van der Waals surface area contributed by atoms with Crippen LogP contribution >= 0.6 is 0 Å². The van der Waals surface area contributed by atoms with E-state index < -0.39 is 197 Å². The summed E-state index contributed by atoms with van der Waals surface area (Å²) < 4.78 is 340. The van der Waals surface area contributed by atoms with E-state index in [0.717, 1.165) is 60.7 Å². The van der Waals surface area contributed by atoms with Crippen molar-refractivity contribution >= 4 is 184 Å². The molecule has 0 aromatic heterocycles. The number of halogens is 1. The Hall–Kier alpha value is -11.6. The number of carbonyl (C=O) groups is 5. The fourth-order valence-corrected chi connectivity index (χ4v) is 15.7. The van der Waals surface area contributed by atoms with Crippen LogP contribution in [-0.2, 0) is 111 Å². The molecule has 11 aromatic rings. The van der Waals surface area contributed by atoms with Crippen molar-refractivity contribution in [2.75, 3.05) is 0 Å². The van der Waals surface area contributed by atoms with Crippen LogP contribution in [0.2, 0.25) is 0 Å². The van der Waals surface area contributed by atoms with E-state index in [1.54, 1.807) is 0 Å². The third-order valence-corrected chi connectivity index (χ3v) is 23.7. The molecule has 0 heterocycles. The Balaban J connectivity index is 0.000000248. The summed E-state index contributed by atoms with van der Waals surface area (Å²) >= 11 is 0. The molecule has 0 aliphatic heterocycles. The fraction of sp³-hybridized carbons (Fsp3) is 0. The van der Waals surface area contributed by atoms with E-state index in [0.29, 0.717) is 70.1 Å².